The van der Waals surface area contributed by atoms with Crippen LogP contribution in [0.3, 0.4) is 0 Å². The van der Waals surface area contributed by atoms with Gasteiger partial charge >= 0.3 is 0 Å². The van der Waals surface area contributed by atoms with E-state index in [1.54, 1.807) is 28.0 Å². The number of aromatic nitrogens is 3. The van der Waals surface area contributed by atoms with Gasteiger partial charge < -0.3 is 47.1 Å². The van der Waals surface area contributed by atoms with Crippen LogP contribution in [0.15, 0.2) is 65.9 Å². The topological polar surface area (TPSA) is 209 Å². The van der Waals surface area contributed by atoms with E-state index in [1.165, 1.54) is 6.08 Å². The predicted octanol–water partition coefficient (Wildman–Crippen LogP) is 0.382. The van der Waals surface area contributed by atoms with E-state index in [1.807, 2.05) is 36.1 Å². The van der Waals surface area contributed by atoms with Crippen molar-refractivity contribution >= 4 is 36.9 Å². The van der Waals surface area contributed by atoms with Crippen LogP contribution < -0.4 is 32.3 Å². The number of aliphatic hydroxyl groups is 1. The number of amides is 3. The minimum atomic E-state index is -1.89. The molecule has 5 heterocycles. The van der Waals surface area contributed by atoms with Gasteiger partial charge in [-0.3, -0.25) is 24.0 Å². The second kappa shape index (κ2) is 14.1. The van der Waals surface area contributed by atoms with Gasteiger partial charge in [0.15, 0.2) is 0 Å². The molecule has 8 rings (SSSR count). The number of nitrogens with two attached hydrogens (primary N) is 2. The van der Waals surface area contributed by atoms with Gasteiger partial charge in [-0.2, -0.15) is 5.10 Å². The van der Waals surface area contributed by atoms with Crippen molar-refractivity contribution in [2.45, 2.75) is 49.9 Å². The van der Waals surface area contributed by atoms with E-state index in [4.69, 9.17) is 29.1 Å². The Bertz CT molecular complexity index is 2040. The first-order chi connectivity index (χ1) is 26.0. The van der Waals surface area contributed by atoms with E-state index in [0.29, 0.717) is 51.6 Å². The van der Waals surface area contributed by atoms with Crippen molar-refractivity contribution < 1.29 is 24.2 Å². The third kappa shape index (κ3) is 7.01. The van der Waals surface area contributed by atoms with Gasteiger partial charge in [0.25, 0.3) is 11.8 Å². The lowest BCUT2D eigenvalue weighted by Crippen LogP contribution is -2.59. The number of hydrogen-bond acceptors (Lipinski definition) is 12. The number of nitrogens with one attached hydrogen (secondary N) is 3. The molecule has 4 fully saturated rings. The molecule has 3 aromatic rings. The van der Waals surface area contributed by atoms with E-state index >= 15 is 0 Å². The molecule has 16 nitrogen and oxygen atoms in total. The van der Waals surface area contributed by atoms with Crippen LogP contribution in [0.5, 0.6) is 0 Å². The minimum absolute atomic E-state index is 0.0462. The van der Waals surface area contributed by atoms with Gasteiger partial charge in [0, 0.05) is 62.4 Å². The molecule has 5 aliphatic rings. The summed E-state index contributed by atoms with van der Waals surface area (Å²) in [5, 5.41) is 25.3. The Hall–Kier alpha value is -5.39. The average Bonchev–Trinajstić information content (AvgIpc) is 4.09. The molecule has 0 spiro atoms. The number of allylic oxidation sites excluding steroid dienone is 1. The molecular weight excluding hydrogens is 689 g/mol. The molecule has 0 bridgehead atoms. The molecular formula is C37H44BN11O5. The van der Waals surface area contributed by atoms with Crippen molar-refractivity contribution in [3.05, 3.63) is 83.0 Å². The number of morpholine rings is 1. The molecule has 2 aliphatic carbocycles. The Kier molecular flexibility index (Phi) is 9.31. The van der Waals surface area contributed by atoms with Gasteiger partial charge in [-0.05, 0) is 43.9 Å². The Balaban J connectivity index is 1.01. The van der Waals surface area contributed by atoms with E-state index in [0.717, 1.165) is 48.2 Å². The van der Waals surface area contributed by atoms with Gasteiger partial charge in [-0.15, -0.1) is 0 Å². The second-order valence-corrected chi connectivity index (χ2v) is 14.7. The standard InChI is InChI=1S/C37H44BN11O5/c1-46-20-29-25(17-41-49(29)23-18-48(19-23)37(38,53)30-7-3-6-27(44-30)36(52)47-12-14-54-15-13-47)24-4-2-5-26(33(24)46)43-28(32(40)35(51)42-22-10-11-22)16-31(39)45-34(50)21-8-9-21/h2-7,16-17,21-23,43,53H,8-15,18-20,39-40H2,1H3,(H,42,51)(H,45,50)/b31-16+,32-28+. The molecule has 54 heavy (non-hydrogen) atoms. The van der Waals surface area contributed by atoms with Crippen molar-refractivity contribution in [3.8, 4) is 11.1 Å². The number of fused-ring (bicyclic) bond motifs is 3. The number of rotatable bonds is 11. The third-order valence-electron chi connectivity index (χ3n) is 10.6. The van der Waals surface area contributed by atoms with Crippen molar-refractivity contribution in [1.29, 1.82) is 0 Å². The molecule has 2 radical (unpaired) electrons. The zero-order chi connectivity index (χ0) is 37.7. The number of benzene rings is 1. The highest BCUT2D eigenvalue weighted by molar-refractivity contribution is 6.14. The zero-order valence-electron chi connectivity index (χ0n) is 30.1. The third-order valence-corrected chi connectivity index (χ3v) is 10.6. The summed E-state index contributed by atoms with van der Waals surface area (Å²) < 4.78 is 7.34. The van der Waals surface area contributed by atoms with Crippen LogP contribution in [0.25, 0.3) is 11.1 Å². The first-order valence-corrected chi connectivity index (χ1v) is 18.4. The molecule has 2 saturated carbocycles. The Morgan fingerprint density at radius 3 is 2.50 bits per heavy atom. The van der Waals surface area contributed by atoms with Gasteiger partial charge in [0.05, 0.1) is 60.5 Å². The number of carbonyl (C=O) groups is 3. The zero-order valence-corrected chi connectivity index (χ0v) is 30.1. The second-order valence-electron chi connectivity index (χ2n) is 14.7. The van der Waals surface area contributed by atoms with E-state index in [2.05, 4.69) is 25.8 Å². The lowest BCUT2D eigenvalue weighted by atomic mass is 9.82. The summed E-state index contributed by atoms with van der Waals surface area (Å²) >= 11 is 0. The molecule has 1 unspecified atom stereocenters. The molecule has 280 valence electrons. The van der Waals surface area contributed by atoms with Gasteiger partial charge in [-0.1, -0.05) is 18.2 Å². The molecule has 1 atom stereocenters. The predicted molar refractivity (Wildman–Crippen MR) is 200 cm³/mol. The lowest BCUT2D eigenvalue weighted by molar-refractivity contribution is -0.121. The normalized spacial score (nSPS) is 20.5. The highest BCUT2D eigenvalue weighted by Crippen LogP contribution is 2.45. The number of pyridine rings is 1. The number of hydrogen-bond donors (Lipinski definition) is 6. The van der Waals surface area contributed by atoms with Crippen LogP contribution >= 0.6 is 0 Å². The molecule has 2 saturated heterocycles. The van der Waals surface area contributed by atoms with E-state index in [-0.39, 0.29) is 58.4 Å². The number of likely N-dealkylation sites (tertiary alicyclic amines) is 1. The summed E-state index contributed by atoms with van der Waals surface area (Å²) in [7, 11) is 8.45. The largest absolute Gasteiger partial charge is 0.393 e. The Labute approximate surface area is 314 Å². The highest BCUT2D eigenvalue weighted by atomic mass is 16.5. The summed E-state index contributed by atoms with van der Waals surface area (Å²) in [5.41, 5.74) is 15.8. The number of anilines is 2. The first-order valence-electron chi connectivity index (χ1n) is 18.4. The fourth-order valence-corrected chi connectivity index (χ4v) is 7.12. The Morgan fingerprint density at radius 2 is 1.78 bits per heavy atom. The van der Waals surface area contributed by atoms with Crippen molar-refractivity contribution in [2.24, 2.45) is 17.4 Å². The summed E-state index contributed by atoms with van der Waals surface area (Å²) in [6.45, 7) is 3.24. The van der Waals surface area contributed by atoms with Crippen LogP contribution in [0.2, 0.25) is 0 Å². The number of nitrogens with zero attached hydrogens (tertiary/aromatic N) is 6. The quantitative estimate of drug-likeness (QED) is 0.0899. The number of ether oxygens (including phenoxy) is 1. The maximum Gasteiger partial charge on any atom is 0.272 e. The molecule has 8 N–H and O–H groups in total. The van der Waals surface area contributed by atoms with Gasteiger partial charge in [-0.25, -0.2) is 4.98 Å². The SMILES string of the molecule is [B]C(O)(c1cccc(C(=O)N2CCOCC2)n1)N1CC(n2ncc3c2CN(C)c2c(NC(/C=C(\N)NC(=O)C4CC4)=C(/N)C(=O)NC4CC4)cccc2-3)C1. The van der Waals surface area contributed by atoms with Crippen LogP contribution in [-0.4, -0.2) is 108 Å². The summed E-state index contributed by atoms with van der Waals surface area (Å²) in [4.78, 5) is 48.5. The molecule has 3 amide bonds. The molecule has 3 aliphatic heterocycles. The maximum atomic E-state index is 13.1. The Morgan fingerprint density at radius 1 is 1.04 bits per heavy atom. The van der Waals surface area contributed by atoms with Crippen molar-refractivity contribution in [3.63, 3.8) is 0 Å². The van der Waals surface area contributed by atoms with Crippen LogP contribution in [0.4, 0.5) is 11.4 Å². The smallest absolute Gasteiger partial charge is 0.272 e. The fraction of sp³-hybridized carbons (Fsp3) is 0.432. The molecule has 1 aromatic carbocycles. The van der Waals surface area contributed by atoms with Crippen molar-refractivity contribution in [2.75, 3.05) is 56.7 Å². The number of para-hydroxylation sites is 1. The van der Waals surface area contributed by atoms with Gasteiger partial charge in [0.1, 0.15) is 30.7 Å². The maximum absolute atomic E-state index is 13.1. The van der Waals surface area contributed by atoms with E-state index < -0.39 is 11.5 Å². The van der Waals surface area contributed by atoms with Crippen molar-refractivity contribution in [1.82, 2.24) is 35.2 Å². The molecule has 17 heteroatoms. The highest BCUT2D eigenvalue weighted by Gasteiger charge is 2.43. The first kappa shape index (κ1) is 35.6. The number of carbonyl (C=O) groups excluding carboxylic acids is 3. The van der Waals surface area contributed by atoms with Crippen LogP contribution in [-0.2, 0) is 26.5 Å². The summed E-state index contributed by atoms with van der Waals surface area (Å²) in [6, 6.07) is 10.8. The van der Waals surface area contributed by atoms with E-state index in [9.17, 15) is 19.5 Å². The van der Waals surface area contributed by atoms with Crippen LogP contribution in [0.1, 0.15) is 53.6 Å². The minimum Gasteiger partial charge on any atom is -0.393 e. The molecule has 2 aromatic heterocycles. The van der Waals surface area contributed by atoms with Gasteiger partial charge in [0.2, 0.25) is 5.91 Å². The summed E-state index contributed by atoms with van der Waals surface area (Å²) in [6.07, 6.45) is 6.78. The fourth-order valence-electron chi connectivity index (χ4n) is 7.12. The van der Waals surface area contributed by atoms with Crippen LogP contribution in [0, 0.1) is 5.92 Å². The lowest BCUT2D eigenvalue weighted by Gasteiger charge is -2.48. The monoisotopic (exact) mass is 733 g/mol. The summed E-state index contributed by atoms with van der Waals surface area (Å²) in [5.74, 6) is -0.756. The average molecular weight is 734 g/mol.